The molecule has 0 aliphatic rings. The summed E-state index contributed by atoms with van der Waals surface area (Å²) >= 11 is 0. The maximum absolute atomic E-state index is 13.2. The van der Waals surface area contributed by atoms with E-state index in [0.29, 0.717) is 5.56 Å². The zero-order valence-electron chi connectivity index (χ0n) is 17.1. The molecule has 1 N–H and O–H groups in total. The first-order chi connectivity index (χ1) is 14.1. The Hall–Kier alpha value is -2.93. The molecule has 3 rings (SSSR count). The molecule has 0 unspecified atom stereocenters. The molecule has 3 aromatic rings. The number of halogens is 1. The lowest BCUT2D eigenvalue weighted by molar-refractivity contribution is 0.0953. The molecule has 0 aliphatic carbocycles. The molecule has 1 aromatic heterocycles. The Morgan fingerprint density at radius 2 is 1.67 bits per heavy atom. The Morgan fingerprint density at radius 1 is 1.03 bits per heavy atom. The molecule has 5 nitrogen and oxygen atoms in total. The summed E-state index contributed by atoms with van der Waals surface area (Å²) in [5, 5.41) is 1.54. The number of nitrogens with one attached hydrogen (secondary N) is 1. The molecule has 7 heteroatoms. The van der Waals surface area contributed by atoms with E-state index < -0.39 is 20.9 Å². The van der Waals surface area contributed by atoms with E-state index in [1.54, 1.807) is 18.2 Å². The Morgan fingerprint density at radius 3 is 2.20 bits per heavy atom. The van der Waals surface area contributed by atoms with Crippen LogP contribution in [0, 0.1) is 5.82 Å². The standard InChI is InChI=1S/C23H24FNO4S/c1-23(2,3)17-8-6-16(7-9-17)22(26)25-15-21(20-5-4-14-29-20)30(27,28)19-12-10-18(24)11-13-19/h4-14,21H,15H2,1-3H3,(H,25,26)/t21-/m1/s1. The van der Waals surface area contributed by atoms with Crippen LogP contribution in [0.25, 0.3) is 0 Å². The van der Waals surface area contributed by atoms with Crippen molar-refractivity contribution in [2.24, 2.45) is 0 Å². The monoisotopic (exact) mass is 429 g/mol. The van der Waals surface area contributed by atoms with Crippen molar-refractivity contribution >= 4 is 15.7 Å². The van der Waals surface area contributed by atoms with Crippen LogP contribution < -0.4 is 5.32 Å². The second kappa shape index (κ2) is 8.44. The molecule has 1 amide bonds. The summed E-state index contributed by atoms with van der Waals surface area (Å²) in [5.74, 6) is -0.723. The number of hydrogen-bond acceptors (Lipinski definition) is 4. The quantitative estimate of drug-likeness (QED) is 0.578. The van der Waals surface area contributed by atoms with Crippen LogP contribution in [0.3, 0.4) is 0 Å². The predicted molar refractivity (Wildman–Crippen MR) is 113 cm³/mol. The van der Waals surface area contributed by atoms with E-state index in [4.69, 9.17) is 4.42 Å². The fourth-order valence-corrected chi connectivity index (χ4v) is 4.62. The summed E-state index contributed by atoms with van der Waals surface area (Å²) < 4.78 is 44.8. The number of rotatable bonds is 6. The Bertz CT molecular complexity index is 1100. The van der Waals surface area contributed by atoms with Crippen LogP contribution in [-0.4, -0.2) is 20.9 Å². The molecule has 30 heavy (non-hydrogen) atoms. The van der Waals surface area contributed by atoms with E-state index in [1.165, 1.54) is 24.5 Å². The van der Waals surface area contributed by atoms with Gasteiger partial charge in [-0.1, -0.05) is 32.9 Å². The van der Waals surface area contributed by atoms with Crippen LogP contribution in [0.2, 0.25) is 0 Å². The largest absolute Gasteiger partial charge is 0.468 e. The second-order valence-corrected chi connectivity index (χ2v) is 10.2. The van der Waals surface area contributed by atoms with E-state index in [0.717, 1.165) is 17.7 Å². The molecule has 1 heterocycles. The van der Waals surface area contributed by atoms with Gasteiger partial charge in [0.25, 0.3) is 5.91 Å². The van der Waals surface area contributed by atoms with Crippen LogP contribution in [0.5, 0.6) is 0 Å². The first-order valence-corrected chi connectivity index (χ1v) is 11.1. The lowest BCUT2D eigenvalue weighted by atomic mass is 9.87. The normalized spacial score (nSPS) is 13.1. The average molecular weight is 430 g/mol. The average Bonchev–Trinajstić information content (AvgIpc) is 3.22. The molecular formula is C23H24FNO4S. The zero-order valence-corrected chi connectivity index (χ0v) is 17.9. The van der Waals surface area contributed by atoms with Crippen molar-refractivity contribution in [1.82, 2.24) is 5.32 Å². The van der Waals surface area contributed by atoms with Crippen LogP contribution in [0.15, 0.2) is 76.2 Å². The van der Waals surface area contributed by atoms with Crippen molar-refractivity contribution in [2.45, 2.75) is 36.3 Å². The highest BCUT2D eigenvalue weighted by Crippen LogP contribution is 2.29. The van der Waals surface area contributed by atoms with Gasteiger partial charge >= 0.3 is 0 Å². The fraction of sp³-hybridized carbons (Fsp3) is 0.261. The van der Waals surface area contributed by atoms with Crippen LogP contribution in [-0.2, 0) is 15.3 Å². The van der Waals surface area contributed by atoms with Crippen molar-refractivity contribution in [2.75, 3.05) is 6.54 Å². The second-order valence-electron chi connectivity index (χ2n) is 8.04. The predicted octanol–water partition coefficient (Wildman–Crippen LogP) is 4.66. The smallest absolute Gasteiger partial charge is 0.251 e. The lowest BCUT2D eigenvalue weighted by Crippen LogP contribution is -2.31. The molecule has 0 fully saturated rings. The summed E-state index contributed by atoms with van der Waals surface area (Å²) in [7, 11) is -3.92. The number of benzene rings is 2. The topological polar surface area (TPSA) is 76.4 Å². The number of hydrogen-bond donors (Lipinski definition) is 1. The minimum absolute atomic E-state index is 0.0391. The Labute approximate surface area is 175 Å². The van der Waals surface area contributed by atoms with E-state index in [9.17, 15) is 17.6 Å². The van der Waals surface area contributed by atoms with Gasteiger partial charge in [0.15, 0.2) is 9.84 Å². The van der Waals surface area contributed by atoms with Gasteiger partial charge in [0, 0.05) is 12.1 Å². The van der Waals surface area contributed by atoms with Crippen molar-refractivity contribution in [3.05, 3.63) is 89.6 Å². The van der Waals surface area contributed by atoms with E-state index in [2.05, 4.69) is 26.1 Å². The van der Waals surface area contributed by atoms with E-state index in [-0.39, 0.29) is 28.5 Å². The SMILES string of the molecule is CC(C)(C)c1ccc(C(=O)NC[C@H](c2ccco2)S(=O)(=O)c2ccc(F)cc2)cc1. The molecule has 2 aromatic carbocycles. The highest BCUT2D eigenvalue weighted by Gasteiger charge is 2.32. The Balaban J connectivity index is 1.81. The third kappa shape index (κ3) is 4.79. The van der Waals surface area contributed by atoms with Gasteiger partial charge in [0.1, 0.15) is 16.8 Å². The van der Waals surface area contributed by atoms with E-state index in [1.807, 2.05) is 12.1 Å². The third-order valence-electron chi connectivity index (χ3n) is 4.84. The lowest BCUT2D eigenvalue weighted by Gasteiger charge is -2.19. The summed E-state index contributed by atoms with van der Waals surface area (Å²) in [6.45, 7) is 6.05. The van der Waals surface area contributed by atoms with Gasteiger partial charge in [0.2, 0.25) is 0 Å². The minimum atomic E-state index is -3.92. The first kappa shape index (κ1) is 21.8. The van der Waals surface area contributed by atoms with Gasteiger partial charge in [-0.15, -0.1) is 0 Å². The van der Waals surface area contributed by atoms with Gasteiger partial charge in [0.05, 0.1) is 11.2 Å². The highest BCUT2D eigenvalue weighted by atomic mass is 32.2. The third-order valence-corrected chi connectivity index (χ3v) is 6.92. The molecular weight excluding hydrogens is 405 g/mol. The molecule has 158 valence electrons. The van der Waals surface area contributed by atoms with Gasteiger partial charge < -0.3 is 9.73 Å². The number of furan rings is 1. The molecule has 0 radical (unpaired) electrons. The molecule has 0 spiro atoms. The van der Waals surface area contributed by atoms with Gasteiger partial charge in [-0.05, 0) is 59.5 Å². The number of carbonyl (C=O) groups excluding carboxylic acids is 1. The number of sulfone groups is 1. The summed E-state index contributed by atoms with van der Waals surface area (Å²) in [4.78, 5) is 12.6. The highest BCUT2D eigenvalue weighted by molar-refractivity contribution is 7.91. The van der Waals surface area contributed by atoms with Crippen molar-refractivity contribution in [1.29, 1.82) is 0 Å². The molecule has 0 bridgehead atoms. The number of amides is 1. The number of carbonyl (C=O) groups is 1. The van der Waals surface area contributed by atoms with Crippen molar-refractivity contribution < 1.29 is 22.0 Å². The van der Waals surface area contributed by atoms with E-state index >= 15 is 0 Å². The van der Waals surface area contributed by atoms with Gasteiger partial charge in [-0.3, -0.25) is 4.79 Å². The maximum atomic E-state index is 13.2. The summed E-state index contributed by atoms with van der Waals surface area (Å²) in [5.41, 5.74) is 1.48. The zero-order chi connectivity index (χ0) is 21.9. The molecule has 0 aliphatic heterocycles. The minimum Gasteiger partial charge on any atom is -0.468 e. The maximum Gasteiger partial charge on any atom is 0.251 e. The molecule has 0 saturated carbocycles. The molecule has 1 atom stereocenters. The van der Waals surface area contributed by atoms with Crippen molar-refractivity contribution in [3.8, 4) is 0 Å². The summed E-state index contributed by atoms with van der Waals surface area (Å²) in [6, 6.07) is 14.9. The Kier molecular flexibility index (Phi) is 6.12. The van der Waals surface area contributed by atoms with Gasteiger partial charge in [-0.25, -0.2) is 12.8 Å². The van der Waals surface area contributed by atoms with Crippen molar-refractivity contribution in [3.63, 3.8) is 0 Å². The van der Waals surface area contributed by atoms with Crippen LogP contribution in [0.1, 0.15) is 47.7 Å². The summed E-state index contributed by atoms with van der Waals surface area (Å²) in [6.07, 6.45) is 1.37. The fourth-order valence-electron chi connectivity index (χ4n) is 3.04. The molecule has 0 saturated heterocycles. The van der Waals surface area contributed by atoms with Crippen LogP contribution >= 0.6 is 0 Å². The first-order valence-electron chi connectivity index (χ1n) is 9.50. The van der Waals surface area contributed by atoms with Gasteiger partial charge in [-0.2, -0.15) is 0 Å². The van der Waals surface area contributed by atoms with Crippen LogP contribution in [0.4, 0.5) is 4.39 Å².